The lowest BCUT2D eigenvalue weighted by molar-refractivity contribution is 0.240. The first-order valence-electron chi connectivity index (χ1n) is 11.2. The molecule has 0 bridgehead atoms. The molecule has 2 amide bonds. The van der Waals surface area contributed by atoms with Gasteiger partial charge < -0.3 is 29.9 Å². The van der Waals surface area contributed by atoms with Crippen LogP contribution in [0.2, 0.25) is 0 Å². The van der Waals surface area contributed by atoms with Crippen LogP contribution in [0.25, 0.3) is 0 Å². The molecule has 0 radical (unpaired) electrons. The van der Waals surface area contributed by atoms with Crippen LogP contribution >= 0.6 is 0 Å². The molecule has 1 unspecified atom stereocenters. The van der Waals surface area contributed by atoms with Gasteiger partial charge in [-0.2, -0.15) is 0 Å². The number of urea groups is 1. The zero-order chi connectivity index (χ0) is 24.0. The predicted molar refractivity (Wildman–Crippen MR) is 132 cm³/mol. The van der Waals surface area contributed by atoms with Gasteiger partial charge in [-0.15, -0.1) is 0 Å². The van der Waals surface area contributed by atoms with Crippen molar-refractivity contribution >= 4 is 17.4 Å². The third kappa shape index (κ3) is 5.96. The quantitative estimate of drug-likeness (QED) is 0.535. The van der Waals surface area contributed by atoms with E-state index in [1.165, 1.54) is 5.69 Å². The van der Waals surface area contributed by atoms with Gasteiger partial charge in [-0.1, -0.05) is 12.1 Å². The lowest BCUT2D eigenvalue weighted by atomic mass is 9.93. The van der Waals surface area contributed by atoms with Gasteiger partial charge in [-0.05, 0) is 50.2 Å². The maximum absolute atomic E-state index is 11.7. The topological polar surface area (TPSA) is 89.9 Å². The van der Waals surface area contributed by atoms with Gasteiger partial charge in [0.05, 0.1) is 19.9 Å². The van der Waals surface area contributed by atoms with Gasteiger partial charge in [0.15, 0.2) is 11.5 Å². The van der Waals surface area contributed by atoms with Crippen molar-refractivity contribution in [2.24, 2.45) is 0 Å². The van der Waals surface area contributed by atoms with Crippen LogP contribution in [0.15, 0.2) is 36.4 Å². The number of nitrogens with one attached hydrogen (secondary N) is 3. The van der Waals surface area contributed by atoms with Gasteiger partial charge in [-0.3, -0.25) is 5.41 Å². The highest BCUT2D eigenvalue weighted by Gasteiger charge is 2.19. The molecule has 1 saturated heterocycles. The van der Waals surface area contributed by atoms with E-state index >= 15 is 0 Å². The minimum atomic E-state index is -0.237. The van der Waals surface area contributed by atoms with Crippen molar-refractivity contribution in [2.75, 3.05) is 59.4 Å². The normalized spacial score (nSPS) is 15.0. The summed E-state index contributed by atoms with van der Waals surface area (Å²) in [4.78, 5) is 16.4. The third-order valence-electron chi connectivity index (χ3n) is 6.03. The van der Waals surface area contributed by atoms with Crippen LogP contribution in [0.1, 0.15) is 23.6 Å². The average molecular weight is 454 g/mol. The zero-order valence-corrected chi connectivity index (χ0v) is 20.2. The summed E-state index contributed by atoms with van der Waals surface area (Å²) in [7, 11) is 6.92. The lowest BCUT2D eigenvalue weighted by Gasteiger charge is -2.34. The fourth-order valence-electron chi connectivity index (χ4n) is 4.06. The monoisotopic (exact) mass is 453 g/mol. The first kappa shape index (κ1) is 24.4. The van der Waals surface area contributed by atoms with E-state index < -0.39 is 0 Å². The molecule has 1 atom stereocenters. The number of hydrogen-bond donors (Lipinski definition) is 3. The summed E-state index contributed by atoms with van der Waals surface area (Å²) in [6.07, 6.45) is 0.546. The first-order chi connectivity index (χ1) is 15.9. The molecule has 1 fully saturated rings. The summed E-state index contributed by atoms with van der Waals surface area (Å²) >= 11 is 0. The maximum atomic E-state index is 11.7. The minimum Gasteiger partial charge on any atom is -0.493 e. The van der Waals surface area contributed by atoms with E-state index in [-0.39, 0.29) is 12.1 Å². The van der Waals surface area contributed by atoms with Crippen molar-refractivity contribution in [3.05, 3.63) is 53.1 Å². The Balaban J connectivity index is 1.87. The number of carbonyl (C=O) groups is 1. The Labute approximate surface area is 196 Å². The number of anilines is 1. The Kier molecular flexibility index (Phi) is 8.16. The third-order valence-corrected chi connectivity index (χ3v) is 6.03. The van der Waals surface area contributed by atoms with E-state index in [0.29, 0.717) is 23.6 Å². The maximum Gasteiger partial charge on any atom is 0.314 e. The largest absolute Gasteiger partial charge is 0.493 e. The molecule has 0 aliphatic carbocycles. The number of rotatable bonds is 8. The van der Waals surface area contributed by atoms with Gasteiger partial charge in [0.1, 0.15) is 0 Å². The van der Waals surface area contributed by atoms with E-state index in [1.807, 2.05) is 31.2 Å². The molecule has 1 heterocycles. The molecule has 1 aliphatic heterocycles. The Morgan fingerprint density at radius 1 is 1.06 bits per heavy atom. The Morgan fingerprint density at radius 2 is 1.67 bits per heavy atom. The molecular weight excluding hydrogens is 418 g/mol. The van der Waals surface area contributed by atoms with E-state index in [2.05, 4.69) is 39.6 Å². The van der Waals surface area contributed by atoms with Crippen molar-refractivity contribution in [1.29, 1.82) is 5.41 Å². The number of ether oxygens (including phenoxy) is 2. The molecule has 8 nitrogen and oxygen atoms in total. The van der Waals surface area contributed by atoms with Crippen molar-refractivity contribution in [3.63, 3.8) is 0 Å². The van der Waals surface area contributed by atoms with Gasteiger partial charge in [0.25, 0.3) is 0 Å². The summed E-state index contributed by atoms with van der Waals surface area (Å²) in [5, 5.41) is 14.4. The molecule has 8 heteroatoms. The number of nitrogens with zero attached hydrogens (tertiary/aromatic N) is 2. The molecule has 2 aromatic carbocycles. The summed E-state index contributed by atoms with van der Waals surface area (Å²) < 4.78 is 11.0. The van der Waals surface area contributed by atoms with E-state index in [1.54, 1.807) is 21.3 Å². The summed E-state index contributed by atoms with van der Waals surface area (Å²) in [5.74, 6) is 1.17. The molecule has 33 heavy (non-hydrogen) atoms. The second kappa shape index (κ2) is 11.0. The molecule has 0 saturated carbocycles. The smallest absolute Gasteiger partial charge is 0.314 e. The van der Waals surface area contributed by atoms with Crippen molar-refractivity contribution < 1.29 is 14.3 Å². The summed E-state index contributed by atoms with van der Waals surface area (Å²) in [6, 6.07) is 11.6. The van der Waals surface area contributed by atoms with Crippen molar-refractivity contribution in [2.45, 2.75) is 19.4 Å². The molecule has 178 valence electrons. The molecule has 1 aliphatic rings. The second-order valence-corrected chi connectivity index (χ2v) is 8.41. The average Bonchev–Trinajstić information content (AvgIpc) is 2.83. The fourth-order valence-corrected chi connectivity index (χ4v) is 4.06. The van der Waals surface area contributed by atoms with E-state index in [0.717, 1.165) is 42.9 Å². The van der Waals surface area contributed by atoms with Crippen LogP contribution in [0.3, 0.4) is 0 Å². The fraction of sp³-hybridized carbons (Fsp3) is 0.440. The van der Waals surface area contributed by atoms with Gasteiger partial charge >= 0.3 is 6.03 Å². The Morgan fingerprint density at radius 3 is 2.24 bits per heavy atom. The Hall–Kier alpha value is -3.26. The number of benzene rings is 2. The van der Waals surface area contributed by atoms with Crippen molar-refractivity contribution in [1.82, 2.24) is 15.5 Å². The number of hydrogen-bond acceptors (Lipinski definition) is 6. The van der Waals surface area contributed by atoms with Crippen LogP contribution in [0.4, 0.5) is 10.5 Å². The number of piperazine rings is 1. The van der Waals surface area contributed by atoms with Gasteiger partial charge in [-0.25, -0.2) is 4.79 Å². The summed E-state index contributed by atoms with van der Waals surface area (Å²) in [5.41, 5.74) is 4.07. The highest BCUT2D eigenvalue weighted by atomic mass is 16.5. The van der Waals surface area contributed by atoms with Gasteiger partial charge in [0.2, 0.25) is 0 Å². The van der Waals surface area contributed by atoms with Gasteiger partial charge in [0, 0.05) is 56.1 Å². The van der Waals surface area contributed by atoms with Crippen LogP contribution < -0.4 is 25.0 Å². The molecule has 0 aromatic heterocycles. The second-order valence-electron chi connectivity index (χ2n) is 8.41. The number of likely N-dealkylation sites (N-methyl/N-ethyl adjacent to an activating group) is 1. The molecule has 3 N–H and O–H groups in total. The van der Waals surface area contributed by atoms with Crippen LogP contribution in [-0.4, -0.2) is 77.2 Å². The Bertz CT molecular complexity index is 969. The zero-order valence-electron chi connectivity index (χ0n) is 20.2. The lowest BCUT2D eigenvalue weighted by Crippen LogP contribution is -2.44. The van der Waals surface area contributed by atoms with Crippen LogP contribution in [0, 0.1) is 5.41 Å². The number of methoxy groups -OCH3 is 2. The number of carbonyl (C=O) groups excluding carboxylic acids is 1. The minimum absolute atomic E-state index is 0.130. The highest BCUT2D eigenvalue weighted by molar-refractivity contribution is 6.12. The number of amides is 2. The van der Waals surface area contributed by atoms with E-state index in [4.69, 9.17) is 14.9 Å². The van der Waals surface area contributed by atoms with Crippen LogP contribution in [0.5, 0.6) is 11.5 Å². The predicted octanol–water partition coefficient (Wildman–Crippen LogP) is 2.73. The SMILES string of the molecule is CNC(=O)NC(C)Cc1cc(OC)c(OC)cc1C(=N)c1ccc(N2CCN(C)CC2)cc1. The van der Waals surface area contributed by atoms with Crippen molar-refractivity contribution in [3.8, 4) is 11.5 Å². The molecule has 0 spiro atoms. The standard InChI is InChI=1S/C25H35N5O3/c1-17(28-25(31)27-2)14-19-15-22(32-4)23(33-5)16-21(19)24(26)18-6-8-20(9-7-18)30-12-10-29(3)11-13-30/h6-9,15-17,26H,10-14H2,1-5H3,(H2,27,28,31). The van der Waals surface area contributed by atoms with Crippen LogP contribution in [-0.2, 0) is 6.42 Å². The molecule has 3 rings (SSSR count). The van der Waals surface area contributed by atoms with E-state index in [9.17, 15) is 4.79 Å². The summed E-state index contributed by atoms with van der Waals surface area (Å²) in [6.45, 7) is 6.04. The highest BCUT2D eigenvalue weighted by Crippen LogP contribution is 2.32. The first-order valence-corrected chi connectivity index (χ1v) is 11.2. The molecule has 2 aromatic rings. The molecular formula is C25H35N5O3.